The van der Waals surface area contributed by atoms with E-state index in [9.17, 15) is 9.18 Å². The van der Waals surface area contributed by atoms with E-state index in [1.54, 1.807) is 4.90 Å². The Balaban J connectivity index is 1.93. The number of hydrogen-bond acceptors (Lipinski definition) is 2. The van der Waals surface area contributed by atoms with Crippen molar-refractivity contribution in [2.45, 2.75) is 6.04 Å². The lowest BCUT2D eigenvalue weighted by atomic mass is 10.1. The average molecular weight is 323 g/mol. The van der Waals surface area contributed by atoms with Gasteiger partial charge in [-0.05, 0) is 30.3 Å². The molecule has 0 unspecified atom stereocenters. The molecular formula is C16H16ClFN2O2. The van der Waals surface area contributed by atoms with Crippen LogP contribution in [-0.2, 0) is 11.8 Å². The Morgan fingerprint density at radius 1 is 1.41 bits per heavy atom. The number of halogens is 2. The van der Waals surface area contributed by atoms with Crippen LogP contribution in [0.2, 0.25) is 5.02 Å². The van der Waals surface area contributed by atoms with Gasteiger partial charge in [0.2, 0.25) is 0 Å². The van der Waals surface area contributed by atoms with Crippen LogP contribution in [-0.4, -0.2) is 35.1 Å². The first kappa shape index (κ1) is 15.1. The van der Waals surface area contributed by atoms with Gasteiger partial charge >= 0.3 is 0 Å². The Bertz CT molecular complexity index is 701. The molecule has 0 bridgehead atoms. The summed E-state index contributed by atoms with van der Waals surface area (Å²) in [6.07, 6.45) is 1.93. The van der Waals surface area contributed by atoms with Gasteiger partial charge in [0.15, 0.2) is 0 Å². The highest BCUT2D eigenvalue weighted by atomic mass is 35.5. The van der Waals surface area contributed by atoms with E-state index in [1.807, 2.05) is 29.9 Å². The zero-order chi connectivity index (χ0) is 15.7. The second kappa shape index (κ2) is 6.10. The van der Waals surface area contributed by atoms with E-state index >= 15 is 0 Å². The number of ether oxygens (including phenoxy) is 1. The second-order valence-electron chi connectivity index (χ2n) is 5.26. The molecule has 0 spiro atoms. The molecule has 2 aromatic rings. The lowest BCUT2D eigenvalue weighted by Crippen LogP contribution is -2.44. The van der Waals surface area contributed by atoms with Crippen LogP contribution in [0.3, 0.4) is 0 Å². The molecule has 0 saturated carbocycles. The topological polar surface area (TPSA) is 34.5 Å². The summed E-state index contributed by atoms with van der Waals surface area (Å²) in [6.45, 7) is 1.39. The molecule has 3 rings (SSSR count). The molecule has 1 atom stereocenters. The average Bonchev–Trinajstić information content (AvgIpc) is 2.93. The van der Waals surface area contributed by atoms with Crippen molar-refractivity contribution in [1.82, 2.24) is 9.47 Å². The normalized spacial score (nSPS) is 18.5. The van der Waals surface area contributed by atoms with Gasteiger partial charge in [-0.1, -0.05) is 11.6 Å². The zero-order valence-corrected chi connectivity index (χ0v) is 12.9. The maximum Gasteiger partial charge on any atom is 0.256 e. The third kappa shape index (κ3) is 2.74. The number of rotatable bonds is 2. The molecule has 1 aliphatic rings. The number of hydrogen-bond donors (Lipinski definition) is 0. The summed E-state index contributed by atoms with van der Waals surface area (Å²) in [5.74, 6) is -0.665. The standard InChI is InChI=1S/C16H16ClFN2O2/c1-19-6-2-3-14(19)15-10-22-8-7-20(15)16(21)12-5-4-11(18)9-13(12)17/h2-6,9,15H,7-8,10H2,1H3/t15-/m0/s1. The molecular weight excluding hydrogens is 307 g/mol. The molecule has 1 aliphatic heterocycles. The fourth-order valence-corrected chi connectivity index (χ4v) is 2.98. The third-order valence-corrected chi connectivity index (χ3v) is 4.19. The number of amides is 1. The summed E-state index contributed by atoms with van der Waals surface area (Å²) in [7, 11) is 1.93. The van der Waals surface area contributed by atoms with E-state index in [1.165, 1.54) is 12.1 Å². The van der Waals surface area contributed by atoms with E-state index in [0.29, 0.717) is 25.3 Å². The first-order valence-corrected chi connectivity index (χ1v) is 7.40. The smallest absolute Gasteiger partial charge is 0.256 e. The predicted octanol–water partition coefficient (Wildman–Crippen LogP) is 3.03. The van der Waals surface area contributed by atoms with Gasteiger partial charge in [0.1, 0.15) is 5.82 Å². The van der Waals surface area contributed by atoms with E-state index in [2.05, 4.69) is 0 Å². The molecule has 1 fully saturated rings. The van der Waals surface area contributed by atoms with Crippen LogP contribution in [0.1, 0.15) is 22.1 Å². The fourth-order valence-electron chi connectivity index (χ4n) is 2.73. The van der Waals surface area contributed by atoms with Gasteiger partial charge in [-0.15, -0.1) is 0 Å². The zero-order valence-electron chi connectivity index (χ0n) is 12.1. The number of morpholine rings is 1. The Labute approximate surface area is 133 Å². The summed E-state index contributed by atoms with van der Waals surface area (Å²) in [4.78, 5) is 14.5. The minimum atomic E-state index is -0.456. The molecule has 116 valence electrons. The van der Waals surface area contributed by atoms with Crippen molar-refractivity contribution >= 4 is 17.5 Å². The molecule has 2 heterocycles. The highest BCUT2D eigenvalue weighted by Gasteiger charge is 2.31. The first-order chi connectivity index (χ1) is 10.6. The predicted molar refractivity (Wildman–Crippen MR) is 81.4 cm³/mol. The SMILES string of the molecule is Cn1cccc1[C@@H]1COCCN1C(=O)c1ccc(F)cc1Cl. The van der Waals surface area contributed by atoms with Crippen LogP contribution in [0.4, 0.5) is 4.39 Å². The van der Waals surface area contributed by atoms with E-state index in [0.717, 1.165) is 11.8 Å². The van der Waals surface area contributed by atoms with Crippen molar-refractivity contribution in [2.24, 2.45) is 7.05 Å². The van der Waals surface area contributed by atoms with E-state index in [4.69, 9.17) is 16.3 Å². The molecule has 0 radical (unpaired) electrons. The van der Waals surface area contributed by atoms with Crippen molar-refractivity contribution in [2.75, 3.05) is 19.8 Å². The van der Waals surface area contributed by atoms with Gasteiger partial charge in [-0.3, -0.25) is 4.79 Å². The highest BCUT2D eigenvalue weighted by Crippen LogP contribution is 2.28. The lowest BCUT2D eigenvalue weighted by molar-refractivity contribution is -0.00462. The van der Waals surface area contributed by atoms with Gasteiger partial charge in [-0.25, -0.2) is 4.39 Å². The van der Waals surface area contributed by atoms with E-state index < -0.39 is 5.82 Å². The molecule has 1 saturated heterocycles. The van der Waals surface area contributed by atoms with Crippen LogP contribution in [0.15, 0.2) is 36.5 Å². The third-order valence-electron chi connectivity index (χ3n) is 3.88. The molecule has 0 N–H and O–H groups in total. The molecule has 4 nitrogen and oxygen atoms in total. The summed E-state index contributed by atoms with van der Waals surface area (Å²) in [5.41, 5.74) is 1.30. The van der Waals surface area contributed by atoms with Crippen LogP contribution < -0.4 is 0 Å². The number of carbonyl (C=O) groups is 1. The Morgan fingerprint density at radius 2 is 2.23 bits per heavy atom. The Morgan fingerprint density at radius 3 is 2.91 bits per heavy atom. The van der Waals surface area contributed by atoms with Gasteiger partial charge in [0, 0.05) is 25.5 Å². The van der Waals surface area contributed by atoms with Gasteiger partial charge in [0.25, 0.3) is 5.91 Å². The van der Waals surface area contributed by atoms with Crippen molar-refractivity contribution in [3.63, 3.8) is 0 Å². The number of benzene rings is 1. The molecule has 22 heavy (non-hydrogen) atoms. The molecule has 1 aromatic carbocycles. The quantitative estimate of drug-likeness (QED) is 0.851. The monoisotopic (exact) mass is 322 g/mol. The van der Waals surface area contributed by atoms with E-state index in [-0.39, 0.29) is 17.0 Å². The van der Waals surface area contributed by atoms with Crippen LogP contribution in [0, 0.1) is 5.82 Å². The largest absolute Gasteiger partial charge is 0.377 e. The second-order valence-corrected chi connectivity index (χ2v) is 5.66. The lowest BCUT2D eigenvalue weighted by Gasteiger charge is -2.36. The van der Waals surface area contributed by atoms with Crippen molar-refractivity contribution in [3.05, 3.63) is 58.6 Å². The van der Waals surface area contributed by atoms with Crippen LogP contribution in [0.5, 0.6) is 0 Å². The number of nitrogens with zero attached hydrogens (tertiary/aromatic N) is 2. The maximum atomic E-state index is 13.2. The molecule has 1 aromatic heterocycles. The number of aromatic nitrogens is 1. The summed E-state index contributed by atoms with van der Waals surface area (Å²) >= 11 is 6.02. The Hall–Kier alpha value is -1.85. The Kier molecular flexibility index (Phi) is 4.18. The summed E-state index contributed by atoms with van der Waals surface area (Å²) in [6, 6.07) is 7.55. The summed E-state index contributed by atoms with van der Waals surface area (Å²) in [5, 5.41) is 0.127. The number of aryl methyl sites for hydroxylation is 1. The highest BCUT2D eigenvalue weighted by molar-refractivity contribution is 6.33. The van der Waals surface area contributed by atoms with Crippen LogP contribution in [0.25, 0.3) is 0 Å². The number of carbonyl (C=O) groups excluding carboxylic acids is 1. The van der Waals surface area contributed by atoms with Crippen molar-refractivity contribution in [1.29, 1.82) is 0 Å². The van der Waals surface area contributed by atoms with Gasteiger partial charge in [0.05, 0.1) is 29.8 Å². The fraction of sp³-hybridized carbons (Fsp3) is 0.312. The molecule has 0 aliphatic carbocycles. The first-order valence-electron chi connectivity index (χ1n) is 7.03. The molecule has 1 amide bonds. The molecule has 6 heteroatoms. The van der Waals surface area contributed by atoms with Crippen molar-refractivity contribution in [3.8, 4) is 0 Å². The minimum Gasteiger partial charge on any atom is -0.377 e. The van der Waals surface area contributed by atoms with Gasteiger partial charge in [-0.2, -0.15) is 0 Å². The van der Waals surface area contributed by atoms with Crippen molar-refractivity contribution < 1.29 is 13.9 Å². The minimum absolute atomic E-state index is 0.127. The van der Waals surface area contributed by atoms with Crippen LogP contribution >= 0.6 is 11.6 Å². The maximum absolute atomic E-state index is 13.2. The van der Waals surface area contributed by atoms with Gasteiger partial charge < -0.3 is 14.2 Å². The summed E-state index contributed by atoms with van der Waals surface area (Å²) < 4.78 is 20.7.